The third kappa shape index (κ3) is 3.90. The summed E-state index contributed by atoms with van der Waals surface area (Å²) in [6.45, 7) is 0.197. The number of halogens is 1. The molecule has 0 atom stereocenters. The second-order valence-corrected chi connectivity index (χ2v) is 4.03. The van der Waals surface area contributed by atoms with Crippen molar-refractivity contribution in [2.45, 2.75) is 6.54 Å². The molecule has 0 N–H and O–H groups in total. The summed E-state index contributed by atoms with van der Waals surface area (Å²) in [6, 6.07) is 12.5. The van der Waals surface area contributed by atoms with E-state index in [1.807, 2.05) is 6.07 Å². The third-order valence-corrected chi connectivity index (χ3v) is 2.71. The number of hydrogen-bond donors (Lipinski definition) is 0. The molecule has 0 unspecified atom stereocenters. The normalized spacial score (nSPS) is 9.20. The predicted molar refractivity (Wildman–Crippen MR) is 68.7 cm³/mol. The topological polar surface area (TPSA) is 54.0 Å². The maximum atomic E-state index is 12.1. The Hall–Kier alpha value is -2.19. The second-order valence-electron chi connectivity index (χ2n) is 4.03. The number of aromatic nitrogens is 1. The minimum atomic E-state index is -0.0287. The van der Waals surface area contributed by atoms with Crippen molar-refractivity contribution in [3.63, 3.8) is 0 Å². The van der Waals surface area contributed by atoms with Gasteiger partial charge in [0, 0.05) is 11.6 Å². The lowest BCUT2D eigenvalue weighted by atomic mass is 10.1. The lowest BCUT2D eigenvalue weighted by molar-refractivity contribution is -0.683. The number of ketones is 1. The molecule has 1 heterocycles. The van der Waals surface area contributed by atoms with Crippen molar-refractivity contribution < 1.29 is 31.1 Å². The van der Waals surface area contributed by atoms with E-state index in [1.165, 1.54) is 0 Å². The molecule has 0 aliphatic carbocycles. The summed E-state index contributed by atoms with van der Waals surface area (Å²) < 4.78 is 6.78. The number of carbonyl (C=O) groups excluding carboxylic acids is 1. The molecule has 20 heavy (non-hydrogen) atoms. The molecule has 0 aliphatic rings. The van der Waals surface area contributed by atoms with Crippen LogP contribution in [-0.2, 0) is 6.54 Å². The van der Waals surface area contributed by atoms with Crippen LogP contribution in [0.15, 0.2) is 48.8 Å². The molecular weight excluding hydrogens is 320 g/mol. The smallest absolute Gasteiger partial charge is 0.227 e. The average Bonchev–Trinajstić information content (AvgIpc) is 2.47. The minimum Gasteiger partial charge on any atom is -1.00 e. The van der Waals surface area contributed by atoms with E-state index in [9.17, 15) is 4.79 Å². The van der Waals surface area contributed by atoms with Gasteiger partial charge in [-0.15, -0.1) is 0 Å². The van der Waals surface area contributed by atoms with Gasteiger partial charge < -0.3 is 21.7 Å². The van der Waals surface area contributed by atoms with Crippen molar-refractivity contribution in [1.82, 2.24) is 0 Å². The highest BCUT2D eigenvalue weighted by Gasteiger charge is 2.13. The van der Waals surface area contributed by atoms with Crippen molar-refractivity contribution >= 4 is 5.78 Å². The zero-order valence-corrected chi connectivity index (χ0v) is 12.5. The molecule has 1 aromatic heterocycles. The fraction of sp³-hybridized carbons (Fsp3) is 0.133. The third-order valence-electron chi connectivity index (χ3n) is 2.71. The molecule has 0 saturated heterocycles. The number of ether oxygens (including phenoxy) is 1. The molecule has 102 valence electrons. The summed E-state index contributed by atoms with van der Waals surface area (Å²) in [6.07, 6.45) is 3.41. The van der Waals surface area contributed by atoms with Gasteiger partial charge in [0.15, 0.2) is 12.4 Å². The van der Waals surface area contributed by atoms with Crippen LogP contribution in [0.5, 0.6) is 5.75 Å². The summed E-state index contributed by atoms with van der Waals surface area (Å²) in [5.41, 5.74) is 1.12. The zero-order valence-electron chi connectivity index (χ0n) is 10.9. The highest BCUT2D eigenvalue weighted by atomic mass is 79.9. The first-order valence-electron chi connectivity index (χ1n) is 5.79. The Morgan fingerprint density at radius 2 is 2.15 bits per heavy atom. The molecule has 0 radical (unpaired) electrons. The maximum Gasteiger partial charge on any atom is 0.227 e. The van der Waals surface area contributed by atoms with Crippen LogP contribution in [0.3, 0.4) is 0 Å². The molecule has 4 nitrogen and oxygen atoms in total. The molecule has 0 bridgehead atoms. The summed E-state index contributed by atoms with van der Waals surface area (Å²) in [7, 11) is 1.56. The van der Waals surface area contributed by atoms with Crippen molar-refractivity contribution in [3.05, 3.63) is 59.9 Å². The first kappa shape index (κ1) is 15.9. The van der Waals surface area contributed by atoms with Crippen molar-refractivity contribution in [2.24, 2.45) is 0 Å². The predicted octanol–water partition coefficient (Wildman–Crippen LogP) is -1.26. The number of pyridine rings is 1. The van der Waals surface area contributed by atoms with E-state index >= 15 is 0 Å². The van der Waals surface area contributed by atoms with Crippen molar-refractivity contribution in [1.29, 1.82) is 5.26 Å². The fourth-order valence-electron chi connectivity index (χ4n) is 1.74. The van der Waals surface area contributed by atoms with E-state index in [-0.39, 0.29) is 29.3 Å². The number of methoxy groups -OCH3 is 1. The molecule has 0 saturated carbocycles. The highest BCUT2D eigenvalue weighted by Crippen LogP contribution is 2.12. The molecule has 2 aromatic rings. The SMILES string of the molecule is COc1cccc(C(=O)C[n+]2cccc(C#N)c2)c1.[Br-]. The largest absolute Gasteiger partial charge is 1.00 e. The molecule has 5 heteroatoms. The van der Waals surface area contributed by atoms with Crippen LogP contribution in [0.4, 0.5) is 0 Å². The fourth-order valence-corrected chi connectivity index (χ4v) is 1.74. The van der Waals surface area contributed by atoms with Crippen molar-refractivity contribution in [3.8, 4) is 11.8 Å². The van der Waals surface area contributed by atoms with Gasteiger partial charge in [-0.25, -0.2) is 0 Å². The maximum absolute atomic E-state index is 12.1. The van der Waals surface area contributed by atoms with E-state index in [2.05, 4.69) is 0 Å². The molecule has 0 amide bonds. The molecule has 0 spiro atoms. The van der Waals surface area contributed by atoms with E-state index in [4.69, 9.17) is 10.00 Å². The van der Waals surface area contributed by atoms with E-state index < -0.39 is 0 Å². The van der Waals surface area contributed by atoms with Gasteiger partial charge >= 0.3 is 0 Å². The summed E-state index contributed by atoms with van der Waals surface area (Å²) in [5.74, 6) is 0.626. The summed E-state index contributed by atoms with van der Waals surface area (Å²) >= 11 is 0. The van der Waals surface area contributed by atoms with Gasteiger partial charge in [0.25, 0.3) is 0 Å². The van der Waals surface area contributed by atoms with Gasteiger partial charge in [0.2, 0.25) is 12.3 Å². The van der Waals surface area contributed by atoms with Gasteiger partial charge in [-0.3, -0.25) is 4.79 Å². The molecular formula is C15H13BrN2O2. The van der Waals surface area contributed by atoms with Crippen LogP contribution in [0.25, 0.3) is 0 Å². The van der Waals surface area contributed by atoms with E-state index in [0.717, 1.165) is 0 Å². The molecule has 0 fully saturated rings. The summed E-state index contributed by atoms with van der Waals surface area (Å²) in [5, 5.41) is 8.82. The number of carbonyl (C=O) groups is 1. The lowest BCUT2D eigenvalue weighted by Gasteiger charge is -2.02. The van der Waals surface area contributed by atoms with E-state index in [1.54, 1.807) is 60.5 Å². The minimum absolute atomic E-state index is 0. The van der Waals surface area contributed by atoms with Crippen LogP contribution in [0.2, 0.25) is 0 Å². The van der Waals surface area contributed by atoms with Gasteiger partial charge in [0.1, 0.15) is 17.4 Å². The number of nitrogens with zero attached hydrogens (tertiary/aromatic N) is 2. The van der Waals surface area contributed by atoms with E-state index in [0.29, 0.717) is 16.9 Å². The molecule has 2 rings (SSSR count). The van der Waals surface area contributed by atoms with Crippen LogP contribution in [0.1, 0.15) is 15.9 Å². The number of nitriles is 1. The zero-order chi connectivity index (χ0) is 13.7. The molecule has 0 aliphatic heterocycles. The Bertz CT molecular complexity index is 650. The van der Waals surface area contributed by atoms with Gasteiger partial charge in [-0.05, 0) is 18.2 Å². The number of benzene rings is 1. The van der Waals surface area contributed by atoms with Crippen molar-refractivity contribution in [2.75, 3.05) is 7.11 Å². The molecule has 1 aromatic carbocycles. The first-order valence-corrected chi connectivity index (χ1v) is 5.79. The number of Topliss-reactive ketones (excluding diaryl/α,β-unsaturated/α-hetero) is 1. The first-order chi connectivity index (χ1) is 9.22. The standard InChI is InChI=1S/C15H13N2O2.BrH/c1-19-14-6-2-5-13(8-14)15(18)11-17-7-3-4-12(9-16)10-17;/h2-8,10H,11H2,1H3;1H/q+1;/p-1. The second kappa shape index (κ2) is 7.41. The number of rotatable bonds is 4. The monoisotopic (exact) mass is 332 g/mol. The highest BCUT2D eigenvalue weighted by molar-refractivity contribution is 5.95. The van der Waals surface area contributed by atoms with Gasteiger partial charge in [-0.2, -0.15) is 9.83 Å². The Morgan fingerprint density at radius 1 is 1.35 bits per heavy atom. The Morgan fingerprint density at radius 3 is 2.85 bits per heavy atom. The van der Waals surface area contributed by atoms with Crippen LogP contribution in [0, 0.1) is 11.3 Å². The summed E-state index contributed by atoms with van der Waals surface area (Å²) in [4.78, 5) is 12.1. The lowest BCUT2D eigenvalue weighted by Crippen LogP contribution is -3.00. The quantitative estimate of drug-likeness (QED) is 0.519. The average molecular weight is 333 g/mol. The number of hydrogen-bond acceptors (Lipinski definition) is 3. The van der Waals surface area contributed by atoms with Gasteiger partial charge in [-0.1, -0.05) is 12.1 Å². The van der Waals surface area contributed by atoms with Crippen LogP contribution in [-0.4, -0.2) is 12.9 Å². The van der Waals surface area contributed by atoms with Crippen LogP contribution < -0.4 is 26.3 Å². The van der Waals surface area contributed by atoms with Crippen LogP contribution >= 0.6 is 0 Å². The van der Waals surface area contributed by atoms with Gasteiger partial charge in [0.05, 0.1) is 7.11 Å². The Labute approximate surface area is 128 Å². The Kier molecular flexibility index (Phi) is 5.88. The Balaban J connectivity index is 0.00000200.